The Balaban J connectivity index is 1.88. The van der Waals surface area contributed by atoms with Gasteiger partial charge in [0.2, 0.25) is 0 Å². The molecule has 0 spiro atoms. The maximum atomic E-state index is 12.0. The Bertz CT molecular complexity index is 830. The van der Waals surface area contributed by atoms with E-state index in [1.807, 2.05) is 31.2 Å². The Morgan fingerprint density at radius 1 is 1.04 bits per heavy atom. The largest absolute Gasteiger partial charge is 0.422 e. The number of nitro benzene ring substituents is 1. The molecule has 0 unspecified atom stereocenters. The van der Waals surface area contributed by atoms with Crippen LogP contribution in [0.15, 0.2) is 60.2 Å². The summed E-state index contributed by atoms with van der Waals surface area (Å²) in [7, 11) is 0. The van der Waals surface area contributed by atoms with E-state index in [4.69, 9.17) is 4.74 Å². The topological polar surface area (TPSA) is 69.4 Å². The van der Waals surface area contributed by atoms with Gasteiger partial charge in [-0.05, 0) is 36.8 Å². The minimum absolute atomic E-state index is 0.0111. The van der Waals surface area contributed by atoms with Gasteiger partial charge in [-0.25, -0.2) is 4.79 Å². The summed E-state index contributed by atoms with van der Waals surface area (Å²) in [6, 6.07) is 13.7. The fraction of sp³-hybridized carbons (Fsp3) is 0.0556. The van der Waals surface area contributed by atoms with E-state index in [0.717, 1.165) is 11.1 Å². The van der Waals surface area contributed by atoms with Crippen LogP contribution in [0.4, 0.5) is 5.69 Å². The van der Waals surface area contributed by atoms with E-state index in [1.165, 1.54) is 12.1 Å². The van der Waals surface area contributed by atoms with Crippen LogP contribution in [0.5, 0.6) is 0 Å². The Kier molecular flexibility index (Phi) is 3.76. The summed E-state index contributed by atoms with van der Waals surface area (Å²) in [5, 5.41) is 10.6. The van der Waals surface area contributed by atoms with Crippen LogP contribution in [-0.2, 0) is 9.53 Å². The molecular weight excluding hydrogens is 294 g/mol. The SMILES string of the molecule is Cc1ccc(C2=C/C(=C\c3ccc([N+](=O)[O-])cc3)C(=O)O2)cc1. The molecule has 23 heavy (non-hydrogen) atoms. The van der Waals surface area contributed by atoms with E-state index in [0.29, 0.717) is 16.9 Å². The van der Waals surface area contributed by atoms with Crippen LogP contribution in [-0.4, -0.2) is 10.9 Å². The van der Waals surface area contributed by atoms with Gasteiger partial charge in [0, 0.05) is 17.7 Å². The molecule has 0 N–H and O–H groups in total. The molecule has 1 heterocycles. The van der Waals surface area contributed by atoms with E-state index in [1.54, 1.807) is 24.3 Å². The number of carbonyl (C=O) groups excluding carboxylic acids is 1. The fourth-order valence-electron chi connectivity index (χ4n) is 2.22. The molecule has 2 aromatic carbocycles. The summed E-state index contributed by atoms with van der Waals surface area (Å²) >= 11 is 0. The highest BCUT2D eigenvalue weighted by Crippen LogP contribution is 2.27. The van der Waals surface area contributed by atoms with Gasteiger partial charge in [-0.2, -0.15) is 0 Å². The third-order valence-electron chi connectivity index (χ3n) is 3.49. The quantitative estimate of drug-likeness (QED) is 0.373. The third kappa shape index (κ3) is 3.18. The van der Waals surface area contributed by atoms with E-state index in [2.05, 4.69) is 0 Å². The number of benzene rings is 2. The minimum atomic E-state index is -0.462. The minimum Gasteiger partial charge on any atom is -0.422 e. The van der Waals surface area contributed by atoms with Crippen LogP contribution in [0.3, 0.4) is 0 Å². The van der Waals surface area contributed by atoms with Gasteiger partial charge in [-0.1, -0.05) is 29.8 Å². The third-order valence-corrected chi connectivity index (χ3v) is 3.49. The normalized spacial score (nSPS) is 15.4. The number of nitrogens with zero attached hydrogens (tertiary/aromatic N) is 1. The average molecular weight is 307 g/mol. The number of ether oxygens (including phenoxy) is 1. The first-order valence-corrected chi connectivity index (χ1v) is 7.00. The van der Waals surface area contributed by atoms with E-state index in [9.17, 15) is 14.9 Å². The Hall–Kier alpha value is -3.21. The molecule has 0 atom stereocenters. The molecule has 0 aromatic heterocycles. The van der Waals surface area contributed by atoms with Gasteiger partial charge in [0.25, 0.3) is 5.69 Å². The van der Waals surface area contributed by atoms with Crippen LogP contribution in [0.25, 0.3) is 11.8 Å². The summed E-state index contributed by atoms with van der Waals surface area (Å²) in [5.41, 5.74) is 3.08. The van der Waals surface area contributed by atoms with E-state index in [-0.39, 0.29) is 5.69 Å². The number of hydrogen-bond acceptors (Lipinski definition) is 4. The molecule has 1 aliphatic heterocycles. The molecule has 0 saturated heterocycles. The van der Waals surface area contributed by atoms with Crippen molar-refractivity contribution in [1.82, 2.24) is 0 Å². The molecule has 0 aliphatic carbocycles. The van der Waals surface area contributed by atoms with Crippen molar-refractivity contribution in [2.24, 2.45) is 0 Å². The molecule has 1 aliphatic rings. The molecule has 3 rings (SSSR count). The molecule has 2 aromatic rings. The zero-order valence-corrected chi connectivity index (χ0v) is 12.4. The van der Waals surface area contributed by atoms with Crippen molar-refractivity contribution >= 4 is 23.5 Å². The lowest BCUT2D eigenvalue weighted by atomic mass is 10.1. The first-order chi connectivity index (χ1) is 11.0. The molecule has 0 radical (unpaired) electrons. The van der Waals surface area contributed by atoms with Gasteiger partial charge >= 0.3 is 5.97 Å². The number of nitro groups is 1. The molecule has 0 amide bonds. The van der Waals surface area contributed by atoms with Crippen molar-refractivity contribution in [3.63, 3.8) is 0 Å². The highest BCUT2D eigenvalue weighted by atomic mass is 16.6. The van der Waals surface area contributed by atoms with Gasteiger partial charge in [0.05, 0.1) is 10.5 Å². The number of cyclic esters (lactones) is 1. The van der Waals surface area contributed by atoms with Gasteiger partial charge in [-0.15, -0.1) is 0 Å². The van der Waals surface area contributed by atoms with Crippen molar-refractivity contribution in [3.05, 3.63) is 87.0 Å². The summed E-state index contributed by atoms with van der Waals surface area (Å²) in [6.45, 7) is 1.98. The fourth-order valence-corrected chi connectivity index (χ4v) is 2.22. The van der Waals surface area contributed by atoms with Crippen molar-refractivity contribution < 1.29 is 14.5 Å². The van der Waals surface area contributed by atoms with Crippen LogP contribution >= 0.6 is 0 Å². The van der Waals surface area contributed by atoms with Gasteiger partial charge < -0.3 is 4.74 Å². The molecule has 114 valence electrons. The second kappa shape index (κ2) is 5.88. The first-order valence-electron chi connectivity index (χ1n) is 7.00. The van der Waals surface area contributed by atoms with Gasteiger partial charge in [0.15, 0.2) is 0 Å². The summed E-state index contributed by atoms with van der Waals surface area (Å²) in [6.07, 6.45) is 3.32. The zero-order valence-electron chi connectivity index (χ0n) is 12.4. The monoisotopic (exact) mass is 307 g/mol. The first kappa shape index (κ1) is 14.7. The van der Waals surface area contributed by atoms with Crippen molar-refractivity contribution in [3.8, 4) is 0 Å². The van der Waals surface area contributed by atoms with Crippen molar-refractivity contribution in [2.45, 2.75) is 6.92 Å². The zero-order chi connectivity index (χ0) is 16.4. The standard InChI is InChI=1S/C18H13NO4/c1-12-2-6-14(7-3-12)17-11-15(18(20)23-17)10-13-4-8-16(9-5-13)19(21)22/h2-11H,1H3/b15-10+. The number of hydrogen-bond donors (Lipinski definition) is 0. The van der Waals surface area contributed by atoms with Crippen LogP contribution in [0.2, 0.25) is 0 Å². The summed E-state index contributed by atoms with van der Waals surface area (Å²) in [5.74, 6) is 0.0714. The van der Waals surface area contributed by atoms with Crippen LogP contribution in [0.1, 0.15) is 16.7 Å². The average Bonchev–Trinajstić information content (AvgIpc) is 2.89. The molecule has 0 saturated carbocycles. The lowest BCUT2D eigenvalue weighted by Gasteiger charge is -2.01. The number of aryl methyl sites for hydroxylation is 1. The smallest absolute Gasteiger partial charge is 0.343 e. The second-order valence-corrected chi connectivity index (χ2v) is 5.21. The molecule has 0 bridgehead atoms. The van der Waals surface area contributed by atoms with Crippen molar-refractivity contribution in [2.75, 3.05) is 0 Å². The summed E-state index contributed by atoms with van der Waals surface area (Å²) in [4.78, 5) is 22.1. The predicted octanol–water partition coefficient (Wildman–Crippen LogP) is 3.88. The number of esters is 1. The summed E-state index contributed by atoms with van der Waals surface area (Å²) < 4.78 is 5.28. The number of rotatable bonds is 3. The maximum absolute atomic E-state index is 12.0. The molecule has 5 nitrogen and oxygen atoms in total. The van der Waals surface area contributed by atoms with Crippen molar-refractivity contribution in [1.29, 1.82) is 0 Å². The molecule has 5 heteroatoms. The Labute approximate surface area is 132 Å². The predicted molar refractivity (Wildman–Crippen MR) is 86.3 cm³/mol. The van der Waals surface area contributed by atoms with Gasteiger partial charge in [-0.3, -0.25) is 10.1 Å². The van der Waals surface area contributed by atoms with E-state index < -0.39 is 10.9 Å². The molecular formula is C18H13NO4. The number of carbonyl (C=O) groups is 1. The second-order valence-electron chi connectivity index (χ2n) is 5.21. The van der Waals surface area contributed by atoms with Gasteiger partial charge in [0.1, 0.15) is 5.76 Å². The maximum Gasteiger partial charge on any atom is 0.343 e. The highest BCUT2D eigenvalue weighted by molar-refractivity contribution is 6.05. The Morgan fingerprint density at radius 2 is 1.70 bits per heavy atom. The number of non-ortho nitro benzene ring substituents is 1. The highest BCUT2D eigenvalue weighted by Gasteiger charge is 2.21. The van der Waals surface area contributed by atoms with Crippen LogP contribution < -0.4 is 0 Å². The molecule has 0 fully saturated rings. The van der Waals surface area contributed by atoms with E-state index >= 15 is 0 Å². The van der Waals surface area contributed by atoms with Crippen LogP contribution in [0, 0.1) is 17.0 Å². The lowest BCUT2D eigenvalue weighted by molar-refractivity contribution is -0.384. The lowest BCUT2D eigenvalue weighted by Crippen LogP contribution is -1.97. The Morgan fingerprint density at radius 3 is 2.30 bits per heavy atom.